The molecule has 118 valence electrons. The number of benzene rings is 2. The fourth-order valence-corrected chi connectivity index (χ4v) is 2.07. The molecule has 1 N–H and O–H groups in total. The highest BCUT2D eigenvalue weighted by Gasteiger charge is 1.99. The molecule has 0 aromatic heterocycles. The summed E-state index contributed by atoms with van der Waals surface area (Å²) < 4.78 is 10.6. The van der Waals surface area contributed by atoms with E-state index in [0.717, 1.165) is 18.0 Å². The number of methoxy groups -OCH3 is 1. The normalized spacial score (nSPS) is 10.3. The van der Waals surface area contributed by atoms with Gasteiger partial charge >= 0.3 is 0 Å². The first-order valence-electron chi connectivity index (χ1n) is 7.41. The maximum absolute atomic E-state index is 5.62. The molecule has 0 radical (unpaired) electrons. The Morgan fingerprint density at radius 2 is 1.77 bits per heavy atom. The first-order chi connectivity index (χ1) is 10.7. The van der Waals surface area contributed by atoms with Gasteiger partial charge in [0.2, 0.25) is 0 Å². The van der Waals surface area contributed by atoms with Crippen molar-refractivity contribution in [3.8, 4) is 5.75 Å². The van der Waals surface area contributed by atoms with Crippen molar-refractivity contribution >= 4 is 11.4 Å². The molecule has 4 nitrogen and oxygen atoms in total. The Labute approximate surface area is 132 Å². The van der Waals surface area contributed by atoms with Gasteiger partial charge in [-0.3, -0.25) is 0 Å². The summed E-state index contributed by atoms with van der Waals surface area (Å²) in [6.45, 7) is 1.93. The summed E-state index contributed by atoms with van der Waals surface area (Å²) >= 11 is 0. The van der Waals surface area contributed by atoms with E-state index < -0.39 is 0 Å². The molecular formula is C18H24N2O2. The molecule has 0 aliphatic rings. The van der Waals surface area contributed by atoms with Gasteiger partial charge in [-0.05, 0) is 42.0 Å². The highest BCUT2D eigenvalue weighted by Crippen LogP contribution is 2.18. The number of ether oxygens (including phenoxy) is 2. The van der Waals surface area contributed by atoms with Gasteiger partial charge in [0.05, 0.1) is 6.61 Å². The number of nitrogens with zero attached hydrogens (tertiary/aromatic N) is 1. The van der Waals surface area contributed by atoms with Gasteiger partial charge in [-0.25, -0.2) is 0 Å². The molecule has 0 unspecified atom stereocenters. The SMILES string of the molecule is COCCOc1cccc(CNc2ccc(N(C)C)cc2)c1. The van der Waals surface area contributed by atoms with Crippen LogP contribution < -0.4 is 15.0 Å². The second-order valence-electron chi connectivity index (χ2n) is 5.28. The monoisotopic (exact) mass is 300 g/mol. The average Bonchev–Trinajstić information content (AvgIpc) is 2.54. The van der Waals surface area contributed by atoms with Crippen LogP contribution in [0.4, 0.5) is 11.4 Å². The fraction of sp³-hybridized carbons (Fsp3) is 0.333. The first kappa shape index (κ1) is 16.2. The highest BCUT2D eigenvalue weighted by molar-refractivity contribution is 5.54. The van der Waals surface area contributed by atoms with Crippen LogP contribution in [0.25, 0.3) is 0 Å². The molecule has 0 heterocycles. The molecule has 0 saturated heterocycles. The van der Waals surface area contributed by atoms with E-state index in [1.54, 1.807) is 7.11 Å². The molecule has 0 spiro atoms. The van der Waals surface area contributed by atoms with Crippen LogP contribution in [0.3, 0.4) is 0 Å². The largest absolute Gasteiger partial charge is 0.491 e. The Morgan fingerprint density at radius 1 is 1.00 bits per heavy atom. The van der Waals surface area contributed by atoms with E-state index in [2.05, 4.69) is 46.6 Å². The van der Waals surface area contributed by atoms with E-state index in [1.807, 2.05) is 26.2 Å². The van der Waals surface area contributed by atoms with Crippen molar-refractivity contribution in [1.82, 2.24) is 0 Å². The van der Waals surface area contributed by atoms with Crippen LogP contribution in [0.15, 0.2) is 48.5 Å². The van der Waals surface area contributed by atoms with Crippen LogP contribution in [-0.4, -0.2) is 34.4 Å². The summed E-state index contributed by atoms with van der Waals surface area (Å²) in [6.07, 6.45) is 0. The van der Waals surface area contributed by atoms with Crippen LogP contribution in [0, 0.1) is 0 Å². The van der Waals surface area contributed by atoms with Gasteiger partial charge in [0.15, 0.2) is 0 Å². The maximum Gasteiger partial charge on any atom is 0.119 e. The average molecular weight is 300 g/mol. The summed E-state index contributed by atoms with van der Waals surface area (Å²) in [5.74, 6) is 0.874. The van der Waals surface area contributed by atoms with E-state index in [9.17, 15) is 0 Å². The van der Waals surface area contributed by atoms with Crippen LogP contribution in [0.2, 0.25) is 0 Å². The van der Waals surface area contributed by atoms with Gasteiger partial charge in [-0.15, -0.1) is 0 Å². The van der Waals surface area contributed by atoms with Crippen molar-refractivity contribution in [2.75, 3.05) is 44.6 Å². The van der Waals surface area contributed by atoms with Crippen LogP contribution >= 0.6 is 0 Å². The first-order valence-corrected chi connectivity index (χ1v) is 7.41. The predicted molar refractivity (Wildman–Crippen MR) is 91.9 cm³/mol. The van der Waals surface area contributed by atoms with Crippen molar-refractivity contribution in [2.24, 2.45) is 0 Å². The third-order valence-electron chi connectivity index (χ3n) is 3.33. The lowest BCUT2D eigenvalue weighted by Gasteiger charge is -2.13. The molecule has 0 saturated carbocycles. The van der Waals surface area contributed by atoms with Crippen LogP contribution in [-0.2, 0) is 11.3 Å². The number of nitrogens with one attached hydrogen (secondary N) is 1. The Hall–Kier alpha value is -2.20. The minimum Gasteiger partial charge on any atom is -0.491 e. The molecule has 0 amide bonds. The quantitative estimate of drug-likeness (QED) is 0.758. The zero-order valence-electron chi connectivity index (χ0n) is 13.5. The molecule has 22 heavy (non-hydrogen) atoms. The molecule has 2 aromatic carbocycles. The van der Waals surface area contributed by atoms with Crippen molar-refractivity contribution in [3.05, 3.63) is 54.1 Å². The lowest BCUT2D eigenvalue weighted by Crippen LogP contribution is -2.08. The molecule has 2 rings (SSSR count). The van der Waals surface area contributed by atoms with Crippen LogP contribution in [0.5, 0.6) is 5.75 Å². The van der Waals surface area contributed by atoms with Gasteiger partial charge in [0.25, 0.3) is 0 Å². The predicted octanol–water partition coefficient (Wildman–Crippen LogP) is 3.39. The zero-order valence-corrected chi connectivity index (χ0v) is 13.5. The molecule has 0 atom stereocenters. The number of hydrogen-bond donors (Lipinski definition) is 1. The summed E-state index contributed by atoms with van der Waals surface area (Å²) in [4.78, 5) is 2.09. The van der Waals surface area contributed by atoms with Gasteiger partial charge < -0.3 is 19.7 Å². The lowest BCUT2D eigenvalue weighted by molar-refractivity contribution is 0.146. The van der Waals surface area contributed by atoms with E-state index in [-0.39, 0.29) is 0 Å². The third-order valence-corrected chi connectivity index (χ3v) is 3.33. The second-order valence-corrected chi connectivity index (χ2v) is 5.28. The van der Waals surface area contributed by atoms with Crippen molar-refractivity contribution in [3.63, 3.8) is 0 Å². The molecule has 0 aliphatic heterocycles. The van der Waals surface area contributed by atoms with Crippen molar-refractivity contribution in [1.29, 1.82) is 0 Å². The second kappa shape index (κ2) is 8.29. The molecule has 0 aliphatic carbocycles. The van der Waals surface area contributed by atoms with Gasteiger partial charge in [-0.2, -0.15) is 0 Å². The summed E-state index contributed by atoms with van der Waals surface area (Å²) in [5, 5.41) is 3.42. The number of anilines is 2. The zero-order chi connectivity index (χ0) is 15.8. The minimum atomic E-state index is 0.569. The van der Waals surface area contributed by atoms with Crippen molar-refractivity contribution in [2.45, 2.75) is 6.54 Å². The Balaban J connectivity index is 1.89. The molecular weight excluding hydrogens is 276 g/mol. The van der Waals surface area contributed by atoms with Crippen LogP contribution in [0.1, 0.15) is 5.56 Å². The van der Waals surface area contributed by atoms with E-state index in [0.29, 0.717) is 13.2 Å². The Kier molecular flexibility index (Phi) is 6.10. The lowest BCUT2D eigenvalue weighted by atomic mass is 10.2. The summed E-state index contributed by atoms with van der Waals surface area (Å²) in [5.41, 5.74) is 3.49. The minimum absolute atomic E-state index is 0.569. The van der Waals surface area contributed by atoms with E-state index in [4.69, 9.17) is 9.47 Å². The fourth-order valence-electron chi connectivity index (χ4n) is 2.07. The number of hydrogen-bond acceptors (Lipinski definition) is 4. The number of rotatable bonds is 8. The molecule has 0 bridgehead atoms. The van der Waals surface area contributed by atoms with Gasteiger partial charge in [0.1, 0.15) is 12.4 Å². The van der Waals surface area contributed by atoms with Gasteiger partial charge in [0, 0.05) is 39.1 Å². The standard InChI is InChI=1S/C18H24N2O2/c1-20(2)17-9-7-16(8-10-17)19-14-15-5-4-6-18(13-15)22-12-11-21-3/h4-10,13,19H,11-12,14H2,1-3H3. The third kappa shape index (κ3) is 4.97. The topological polar surface area (TPSA) is 33.7 Å². The van der Waals surface area contributed by atoms with Crippen molar-refractivity contribution < 1.29 is 9.47 Å². The molecule has 0 fully saturated rings. The molecule has 4 heteroatoms. The Morgan fingerprint density at radius 3 is 2.45 bits per heavy atom. The highest BCUT2D eigenvalue weighted by atomic mass is 16.5. The van der Waals surface area contributed by atoms with E-state index in [1.165, 1.54) is 11.3 Å². The van der Waals surface area contributed by atoms with E-state index >= 15 is 0 Å². The summed E-state index contributed by atoms with van der Waals surface area (Å²) in [7, 11) is 5.75. The maximum atomic E-state index is 5.62. The summed E-state index contributed by atoms with van der Waals surface area (Å²) in [6, 6.07) is 16.5. The van der Waals surface area contributed by atoms with Gasteiger partial charge in [-0.1, -0.05) is 12.1 Å². The Bertz CT molecular complexity index is 568. The smallest absolute Gasteiger partial charge is 0.119 e. The molecule has 2 aromatic rings.